The lowest BCUT2D eigenvalue weighted by molar-refractivity contribution is 1.15. The van der Waals surface area contributed by atoms with Gasteiger partial charge in [0, 0.05) is 11.1 Å². The topological polar surface area (TPSA) is 12.4 Å². The summed E-state index contributed by atoms with van der Waals surface area (Å²) in [6, 6.07) is 0. The van der Waals surface area contributed by atoms with Crippen LogP contribution in [-0.2, 0) is 0 Å². The van der Waals surface area contributed by atoms with E-state index in [0.29, 0.717) is 0 Å². The van der Waals surface area contributed by atoms with E-state index in [1.54, 1.807) is 11.8 Å². The van der Waals surface area contributed by atoms with Gasteiger partial charge < -0.3 is 0 Å². The number of nitrogens with zero attached hydrogens (tertiary/aromatic N) is 1. The maximum atomic E-state index is 4.29. The summed E-state index contributed by atoms with van der Waals surface area (Å²) in [5.41, 5.74) is 4.48. The van der Waals surface area contributed by atoms with Crippen LogP contribution >= 0.6 is 11.8 Å². The smallest absolute Gasteiger partial charge is 0.0747 e. The van der Waals surface area contributed by atoms with Crippen molar-refractivity contribution in [2.24, 2.45) is 4.99 Å². The standard InChI is InChI=1S/C14H17NS/c1-4-11-15-12(3)16-14-8-6-7-13(5-2)9-10-14/h4,7-11H,5H2,1-3H3/b11-4-,15-12?. The molecular formula is C14H17NS. The Morgan fingerprint density at radius 2 is 2.25 bits per heavy atom. The Balaban J connectivity index is 2.73. The molecule has 0 aromatic carbocycles. The van der Waals surface area contributed by atoms with Crippen molar-refractivity contribution in [2.45, 2.75) is 27.2 Å². The molecule has 0 spiro atoms. The van der Waals surface area contributed by atoms with Gasteiger partial charge in [0.05, 0.1) is 5.04 Å². The van der Waals surface area contributed by atoms with Crippen LogP contribution in [0.4, 0.5) is 0 Å². The summed E-state index contributed by atoms with van der Waals surface area (Å²) in [7, 11) is 0. The Bertz CT molecular complexity index is 416. The normalized spacial score (nSPS) is 16.3. The lowest BCUT2D eigenvalue weighted by Gasteiger charge is -1.98. The fraction of sp³-hybridized carbons (Fsp3) is 0.286. The summed E-state index contributed by atoms with van der Waals surface area (Å²) in [5.74, 6) is 0. The van der Waals surface area contributed by atoms with Crippen LogP contribution in [0.15, 0.2) is 57.8 Å². The van der Waals surface area contributed by atoms with Gasteiger partial charge in [0.15, 0.2) is 0 Å². The molecule has 0 aromatic heterocycles. The van der Waals surface area contributed by atoms with Gasteiger partial charge in [0.25, 0.3) is 0 Å². The highest BCUT2D eigenvalue weighted by atomic mass is 32.2. The molecule has 0 heterocycles. The number of hydrogen-bond acceptors (Lipinski definition) is 2. The Morgan fingerprint density at radius 1 is 1.44 bits per heavy atom. The van der Waals surface area contributed by atoms with E-state index < -0.39 is 0 Å². The summed E-state index contributed by atoms with van der Waals surface area (Å²) < 4.78 is 0. The van der Waals surface area contributed by atoms with Crippen LogP contribution in [0.25, 0.3) is 0 Å². The van der Waals surface area contributed by atoms with Crippen molar-refractivity contribution in [3.8, 4) is 0 Å². The van der Waals surface area contributed by atoms with Crippen LogP contribution in [0.5, 0.6) is 0 Å². The SMILES string of the molecule is C/C=C\N=C(C)SC1=CC=C(CC)C=C=C1. The molecule has 0 saturated heterocycles. The van der Waals surface area contributed by atoms with Crippen LogP contribution in [0.3, 0.4) is 0 Å². The van der Waals surface area contributed by atoms with Gasteiger partial charge in [-0.2, -0.15) is 0 Å². The molecule has 0 aliphatic heterocycles. The van der Waals surface area contributed by atoms with Gasteiger partial charge in [0.1, 0.15) is 0 Å². The zero-order chi connectivity index (χ0) is 11.8. The molecule has 2 heteroatoms. The van der Waals surface area contributed by atoms with Gasteiger partial charge in [-0.15, -0.1) is 5.73 Å². The lowest BCUT2D eigenvalue weighted by Crippen LogP contribution is -1.82. The molecule has 0 fully saturated rings. The van der Waals surface area contributed by atoms with E-state index in [0.717, 1.165) is 11.5 Å². The molecule has 0 unspecified atom stereocenters. The van der Waals surface area contributed by atoms with E-state index >= 15 is 0 Å². The molecule has 0 amide bonds. The number of hydrogen-bond donors (Lipinski definition) is 0. The fourth-order valence-corrected chi connectivity index (χ4v) is 1.89. The number of allylic oxidation sites excluding steroid dienone is 5. The van der Waals surface area contributed by atoms with Crippen molar-refractivity contribution in [1.82, 2.24) is 0 Å². The summed E-state index contributed by atoms with van der Waals surface area (Å²) in [5, 5.41) is 1.04. The second-order valence-corrected chi connectivity index (χ2v) is 4.62. The molecule has 84 valence electrons. The lowest BCUT2D eigenvalue weighted by atomic mass is 10.2. The van der Waals surface area contributed by atoms with Crippen LogP contribution in [0.2, 0.25) is 0 Å². The molecule has 1 aliphatic rings. The predicted octanol–water partition coefficient (Wildman–Crippen LogP) is 4.62. The highest BCUT2D eigenvalue weighted by molar-refractivity contribution is 8.17. The first-order chi connectivity index (χ1) is 7.76. The quantitative estimate of drug-likeness (QED) is 0.392. The van der Waals surface area contributed by atoms with Gasteiger partial charge in [-0.1, -0.05) is 30.8 Å². The minimum absolute atomic E-state index is 1.04. The van der Waals surface area contributed by atoms with Gasteiger partial charge in [-0.05, 0) is 44.1 Å². The second-order valence-electron chi connectivity index (χ2n) is 3.35. The Labute approximate surface area is 102 Å². The van der Waals surface area contributed by atoms with E-state index in [-0.39, 0.29) is 0 Å². The van der Waals surface area contributed by atoms with E-state index in [1.807, 2.05) is 38.3 Å². The van der Waals surface area contributed by atoms with Crippen LogP contribution in [0.1, 0.15) is 27.2 Å². The van der Waals surface area contributed by atoms with Crippen LogP contribution in [0, 0.1) is 0 Å². The largest absolute Gasteiger partial charge is 0.255 e. The first kappa shape index (κ1) is 12.8. The number of rotatable bonds is 3. The highest BCUT2D eigenvalue weighted by Crippen LogP contribution is 2.21. The van der Waals surface area contributed by atoms with E-state index in [9.17, 15) is 0 Å². The van der Waals surface area contributed by atoms with Gasteiger partial charge in [-0.25, -0.2) is 0 Å². The van der Waals surface area contributed by atoms with Gasteiger partial charge in [-0.3, -0.25) is 4.99 Å². The molecule has 0 atom stereocenters. The average molecular weight is 231 g/mol. The van der Waals surface area contributed by atoms with E-state index in [1.165, 1.54) is 10.5 Å². The Morgan fingerprint density at radius 3 is 2.94 bits per heavy atom. The Hall–Kier alpha value is -1.24. The molecule has 0 bridgehead atoms. The first-order valence-electron chi connectivity index (χ1n) is 5.43. The molecule has 0 radical (unpaired) electrons. The van der Waals surface area contributed by atoms with Crippen molar-refractivity contribution in [3.05, 3.63) is 52.8 Å². The molecule has 0 aromatic rings. The maximum absolute atomic E-state index is 4.29. The molecular weight excluding hydrogens is 214 g/mol. The summed E-state index contributed by atoms with van der Waals surface area (Å²) >= 11 is 1.66. The molecule has 0 saturated carbocycles. The van der Waals surface area contributed by atoms with Crippen molar-refractivity contribution < 1.29 is 0 Å². The maximum Gasteiger partial charge on any atom is 0.0747 e. The van der Waals surface area contributed by atoms with E-state index in [4.69, 9.17) is 0 Å². The first-order valence-corrected chi connectivity index (χ1v) is 6.24. The molecule has 1 nitrogen and oxygen atoms in total. The monoisotopic (exact) mass is 231 g/mol. The Kier molecular flexibility index (Phi) is 5.69. The van der Waals surface area contributed by atoms with Crippen LogP contribution < -0.4 is 0 Å². The third-order valence-corrected chi connectivity index (χ3v) is 2.93. The molecule has 0 N–H and O–H groups in total. The highest BCUT2D eigenvalue weighted by Gasteiger charge is 1.98. The van der Waals surface area contributed by atoms with Crippen molar-refractivity contribution >= 4 is 16.8 Å². The zero-order valence-corrected chi connectivity index (χ0v) is 10.8. The second kappa shape index (κ2) is 7.10. The third-order valence-electron chi connectivity index (χ3n) is 2.04. The molecule has 1 aliphatic carbocycles. The summed E-state index contributed by atoms with van der Waals surface area (Å²) in [6.45, 7) is 6.12. The average Bonchev–Trinajstić information content (AvgIpc) is 2.51. The predicted molar refractivity (Wildman–Crippen MR) is 74.6 cm³/mol. The van der Waals surface area contributed by atoms with Crippen molar-refractivity contribution in [2.75, 3.05) is 0 Å². The molecule has 16 heavy (non-hydrogen) atoms. The van der Waals surface area contributed by atoms with E-state index in [2.05, 4.69) is 29.8 Å². The number of thioether (sulfide) groups is 1. The minimum Gasteiger partial charge on any atom is -0.255 e. The summed E-state index contributed by atoms with van der Waals surface area (Å²) in [4.78, 5) is 5.46. The third kappa shape index (κ3) is 4.52. The molecule has 1 rings (SSSR count). The number of aliphatic imine (C=N–C) groups is 1. The van der Waals surface area contributed by atoms with Crippen molar-refractivity contribution in [3.63, 3.8) is 0 Å². The van der Waals surface area contributed by atoms with Gasteiger partial charge in [0.2, 0.25) is 0 Å². The van der Waals surface area contributed by atoms with Gasteiger partial charge >= 0.3 is 0 Å². The van der Waals surface area contributed by atoms with Crippen molar-refractivity contribution in [1.29, 1.82) is 0 Å². The zero-order valence-electron chi connectivity index (χ0n) is 10.0. The fourth-order valence-electron chi connectivity index (χ4n) is 1.18. The van der Waals surface area contributed by atoms with Crippen LogP contribution in [-0.4, -0.2) is 5.04 Å². The minimum atomic E-state index is 1.04. The summed E-state index contributed by atoms with van der Waals surface area (Å²) in [6.07, 6.45) is 13.1.